The molecule has 0 aliphatic carbocycles. The summed E-state index contributed by atoms with van der Waals surface area (Å²) in [7, 11) is 0. The summed E-state index contributed by atoms with van der Waals surface area (Å²) in [6.07, 6.45) is 2.32. The van der Waals surface area contributed by atoms with Crippen LogP contribution in [-0.4, -0.2) is 28.2 Å². The monoisotopic (exact) mass is 384 g/mol. The molecular formula is C20H20N2O4S. The Hall–Kier alpha value is -2.80. The second kappa shape index (κ2) is 8.73. The van der Waals surface area contributed by atoms with Crippen LogP contribution in [0.15, 0.2) is 57.8 Å². The Labute approximate surface area is 161 Å². The Morgan fingerprint density at radius 1 is 1.19 bits per heavy atom. The molecule has 0 spiro atoms. The first-order chi connectivity index (χ1) is 13.0. The third kappa shape index (κ3) is 5.10. The van der Waals surface area contributed by atoms with E-state index in [1.54, 1.807) is 11.8 Å². The molecule has 140 valence electrons. The number of carbonyl (C=O) groups is 2. The molecule has 3 rings (SSSR count). The van der Waals surface area contributed by atoms with E-state index in [4.69, 9.17) is 9.52 Å². The van der Waals surface area contributed by atoms with Gasteiger partial charge in [0.05, 0.1) is 12.5 Å². The minimum atomic E-state index is -0.965. The quantitative estimate of drug-likeness (QED) is 0.574. The van der Waals surface area contributed by atoms with Crippen molar-refractivity contribution in [2.75, 3.05) is 6.26 Å². The average molecular weight is 384 g/mol. The molecule has 2 N–H and O–H groups in total. The van der Waals surface area contributed by atoms with Crippen molar-refractivity contribution in [3.05, 3.63) is 60.0 Å². The number of aliphatic carboxylic acids is 1. The number of aromatic nitrogens is 1. The van der Waals surface area contributed by atoms with E-state index in [0.717, 1.165) is 16.0 Å². The van der Waals surface area contributed by atoms with E-state index >= 15 is 0 Å². The number of carboxylic acid groups (broad SMARTS) is 1. The van der Waals surface area contributed by atoms with Gasteiger partial charge in [0.25, 0.3) is 0 Å². The summed E-state index contributed by atoms with van der Waals surface area (Å²) in [6, 6.07) is 14.4. The molecule has 7 heteroatoms. The van der Waals surface area contributed by atoms with Gasteiger partial charge < -0.3 is 14.8 Å². The Morgan fingerprint density at radius 3 is 2.59 bits per heavy atom. The molecule has 0 saturated heterocycles. The first kappa shape index (κ1) is 19.0. The van der Waals surface area contributed by atoms with Crippen molar-refractivity contribution in [1.82, 2.24) is 10.3 Å². The van der Waals surface area contributed by atoms with Gasteiger partial charge in [0.1, 0.15) is 5.52 Å². The highest BCUT2D eigenvalue weighted by Crippen LogP contribution is 2.22. The fraction of sp³-hybridized carbons (Fsp3) is 0.250. The zero-order valence-corrected chi connectivity index (χ0v) is 15.7. The Bertz CT molecular complexity index is 904. The number of thioether (sulfide) groups is 1. The van der Waals surface area contributed by atoms with Crippen molar-refractivity contribution < 1.29 is 19.1 Å². The summed E-state index contributed by atoms with van der Waals surface area (Å²) in [6.45, 7) is 0. The van der Waals surface area contributed by atoms with E-state index in [0.29, 0.717) is 17.9 Å². The van der Waals surface area contributed by atoms with Crippen molar-refractivity contribution in [3.63, 3.8) is 0 Å². The minimum Gasteiger partial charge on any atom is -0.481 e. The highest BCUT2D eigenvalue weighted by Gasteiger charge is 2.18. The molecule has 2 aromatic carbocycles. The lowest BCUT2D eigenvalue weighted by molar-refractivity contribution is -0.137. The van der Waals surface area contributed by atoms with E-state index in [-0.39, 0.29) is 18.7 Å². The molecule has 0 aliphatic heterocycles. The van der Waals surface area contributed by atoms with Crippen LogP contribution in [0.4, 0.5) is 0 Å². The average Bonchev–Trinajstić information content (AvgIpc) is 3.08. The molecule has 0 fully saturated rings. The second-order valence-electron chi connectivity index (χ2n) is 6.07. The van der Waals surface area contributed by atoms with Crippen LogP contribution in [0.5, 0.6) is 0 Å². The van der Waals surface area contributed by atoms with E-state index in [1.807, 2.05) is 54.8 Å². The van der Waals surface area contributed by atoms with Crippen LogP contribution in [0.25, 0.3) is 11.1 Å². The van der Waals surface area contributed by atoms with Gasteiger partial charge in [-0.05, 0) is 36.1 Å². The van der Waals surface area contributed by atoms with E-state index < -0.39 is 12.0 Å². The Morgan fingerprint density at radius 2 is 1.93 bits per heavy atom. The molecule has 0 saturated carbocycles. The lowest BCUT2D eigenvalue weighted by Gasteiger charge is -2.17. The van der Waals surface area contributed by atoms with Crippen LogP contribution in [-0.2, 0) is 16.0 Å². The number of oxazole rings is 1. The molecule has 27 heavy (non-hydrogen) atoms. The third-order valence-corrected chi connectivity index (χ3v) is 4.88. The standard InChI is InChI=1S/C20H20N2O4S/c1-27-14-8-6-13(7-9-14)16(12-20(24)25)21-18(23)10-11-19-22-15-4-2-3-5-17(15)26-19/h2-9,16H,10-12H2,1H3,(H,21,23)(H,24,25). The second-order valence-corrected chi connectivity index (χ2v) is 6.95. The predicted molar refractivity (Wildman–Crippen MR) is 104 cm³/mol. The highest BCUT2D eigenvalue weighted by atomic mass is 32.2. The molecule has 0 aliphatic rings. The van der Waals surface area contributed by atoms with Crippen molar-refractivity contribution in [3.8, 4) is 0 Å². The number of amides is 1. The molecule has 1 heterocycles. The molecule has 1 aromatic heterocycles. The molecule has 0 bridgehead atoms. The molecule has 0 radical (unpaired) electrons. The number of fused-ring (bicyclic) bond motifs is 1. The predicted octanol–water partition coefficient (Wildman–Crippen LogP) is 3.81. The summed E-state index contributed by atoms with van der Waals surface area (Å²) < 4.78 is 5.61. The van der Waals surface area contributed by atoms with Crippen LogP contribution >= 0.6 is 11.8 Å². The third-order valence-electron chi connectivity index (χ3n) is 4.14. The van der Waals surface area contributed by atoms with Gasteiger partial charge in [0, 0.05) is 17.7 Å². The van der Waals surface area contributed by atoms with Gasteiger partial charge in [0.15, 0.2) is 11.5 Å². The lowest BCUT2D eigenvalue weighted by atomic mass is 10.0. The number of hydrogen-bond acceptors (Lipinski definition) is 5. The van der Waals surface area contributed by atoms with Gasteiger partial charge in [-0.2, -0.15) is 0 Å². The van der Waals surface area contributed by atoms with Crippen LogP contribution < -0.4 is 5.32 Å². The minimum absolute atomic E-state index is 0.172. The first-order valence-electron chi connectivity index (χ1n) is 8.54. The number of carboxylic acids is 1. The molecule has 3 aromatic rings. The summed E-state index contributed by atoms with van der Waals surface area (Å²) >= 11 is 1.60. The summed E-state index contributed by atoms with van der Waals surface area (Å²) in [5, 5.41) is 12.0. The van der Waals surface area contributed by atoms with E-state index in [9.17, 15) is 9.59 Å². The first-order valence-corrected chi connectivity index (χ1v) is 9.77. The van der Waals surface area contributed by atoms with E-state index in [1.165, 1.54) is 0 Å². The number of nitrogens with one attached hydrogen (secondary N) is 1. The zero-order chi connectivity index (χ0) is 19.2. The molecule has 1 amide bonds. The summed E-state index contributed by atoms with van der Waals surface area (Å²) in [5.41, 5.74) is 2.21. The SMILES string of the molecule is CSc1ccc(C(CC(=O)O)NC(=O)CCc2nc3ccccc3o2)cc1. The molecular weight excluding hydrogens is 364 g/mol. The van der Waals surface area contributed by atoms with Crippen LogP contribution in [0.1, 0.15) is 30.3 Å². The van der Waals surface area contributed by atoms with Gasteiger partial charge in [-0.1, -0.05) is 24.3 Å². The fourth-order valence-electron chi connectivity index (χ4n) is 2.78. The number of aryl methyl sites for hydroxylation is 1. The van der Waals surface area contributed by atoms with Gasteiger partial charge in [0.2, 0.25) is 5.91 Å². The van der Waals surface area contributed by atoms with Crippen molar-refractivity contribution in [2.45, 2.75) is 30.2 Å². The van der Waals surface area contributed by atoms with Crippen molar-refractivity contribution >= 4 is 34.7 Å². The fourth-order valence-corrected chi connectivity index (χ4v) is 3.19. The maximum atomic E-state index is 12.3. The van der Waals surface area contributed by atoms with Gasteiger partial charge >= 0.3 is 5.97 Å². The normalized spacial score (nSPS) is 12.0. The van der Waals surface area contributed by atoms with Crippen LogP contribution in [0.2, 0.25) is 0 Å². The number of rotatable bonds is 8. The maximum Gasteiger partial charge on any atom is 0.305 e. The smallest absolute Gasteiger partial charge is 0.305 e. The van der Waals surface area contributed by atoms with Crippen molar-refractivity contribution in [1.29, 1.82) is 0 Å². The van der Waals surface area contributed by atoms with Crippen LogP contribution in [0.3, 0.4) is 0 Å². The van der Waals surface area contributed by atoms with Gasteiger partial charge in [-0.25, -0.2) is 4.98 Å². The number of hydrogen-bond donors (Lipinski definition) is 2. The van der Waals surface area contributed by atoms with Crippen molar-refractivity contribution in [2.24, 2.45) is 0 Å². The summed E-state index contributed by atoms with van der Waals surface area (Å²) in [5.74, 6) is -0.712. The maximum absolute atomic E-state index is 12.3. The number of benzene rings is 2. The number of para-hydroxylation sites is 2. The topological polar surface area (TPSA) is 92.4 Å². The largest absolute Gasteiger partial charge is 0.481 e. The van der Waals surface area contributed by atoms with E-state index in [2.05, 4.69) is 10.3 Å². The molecule has 6 nitrogen and oxygen atoms in total. The number of carbonyl (C=O) groups excluding carboxylic acids is 1. The molecule has 1 atom stereocenters. The Kier molecular flexibility index (Phi) is 6.13. The highest BCUT2D eigenvalue weighted by molar-refractivity contribution is 7.98. The summed E-state index contributed by atoms with van der Waals surface area (Å²) in [4.78, 5) is 29.0. The number of nitrogens with zero attached hydrogens (tertiary/aromatic N) is 1. The Balaban J connectivity index is 1.63. The zero-order valence-electron chi connectivity index (χ0n) is 14.8. The molecule has 1 unspecified atom stereocenters. The lowest BCUT2D eigenvalue weighted by Crippen LogP contribution is -2.30. The van der Waals surface area contributed by atoms with Crippen LogP contribution in [0, 0.1) is 0 Å². The van der Waals surface area contributed by atoms with Gasteiger partial charge in [-0.3, -0.25) is 9.59 Å². The van der Waals surface area contributed by atoms with Gasteiger partial charge in [-0.15, -0.1) is 11.8 Å².